The van der Waals surface area contributed by atoms with Gasteiger partial charge in [-0.3, -0.25) is 0 Å². The van der Waals surface area contributed by atoms with Crippen molar-refractivity contribution in [2.45, 2.75) is 6.54 Å². The van der Waals surface area contributed by atoms with Crippen LogP contribution in [-0.2, 0) is 6.54 Å². The number of nitrogens with one attached hydrogen (secondary N) is 1. The maximum absolute atomic E-state index is 10.4. The Morgan fingerprint density at radius 1 is 1.62 bits per heavy atom. The fraction of sp³-hybridized carbons (Fsp3) is 0.375. The van der Waals surface area contributed by atoms with E-state index in [1.165, 1.54) is 6.07 Å². The summed E-state index contributed by atoms with van der Waals surface area (Å²) < 4.78 is 4.99. The van der Waals surface area contributed by atoms with Crippen LogP contribution in [-0.4, -0.2) is 24.2 Å². The molecule has 0 spiro atoms. The number of carboxylic acid groups (broad SMARTS) is 1. The zero-order chi connectivity index (χ0) is 9.68. The quantitative estimate of drug-likeness (QED) is 0.562. The Balaban J connectivity index is 2.44. The van der Waals surface area contributed by atoms with Crippen molar-refractivity contribution in [3.63, 3.8) is 0 Å². The molecule has 0 fully saturated rings. The summed E-state index contributed by atoms with van der Waals surface area (Å²) in [5, 5.41) is 11.5. The van der Waals surface area contributed by atoms with Gasteiger partial charge < -0.3 is 20.6 Å². The van der Waals surface area contributed by atoms with E-state index in [1.807, 2.05) is 0 Å². The first-order valence-electron chi connectivity index (χ1n) is 3.97. The Labute approximate surface area is 75.5 Å². The summed E-state index contributed by atoms with van der Waals surface area (Å²) in [6.45, 7) is 1.74. The number of hydrogen-bond acceptors (Lipinski definition) is 4. The van der Waals surface area contributed by atoms with Crippen molar-refractivity contribution in [3.05, 3.63) is 23.7 Å². The monoisotopic (exact) mass is 184 g/mol. The summed E-state index contributed by atoms with van der Waals surface area (Å²) in [5.41, 5.74) is 5.26. The molecule has 0 aliphatic rings. The van der Waals surface area contributed by atoms with Gasteiger partial charge in [0.25, 0.3) is 0 Å². The van der Waals surface area contributed by atoms with Crippen LogP contribution in [0.25, 0.3) is 0 Å². The van der Waals surface area contributed by atoms with Crippen LogP contribution in [0.5, 0.6) is 0 Å². The predicted octanol–water partition coefficient (Wildman–Crippen LogP) is 0.0261. The van der Waals surface area contributed by atoms with Crippen LogP contribution in [0.15, 0.2) is 16.5 Å². The van der Waals surface area contributed by atoms with E-state index in [-0.39, 0.29) is 5.76 Å². The lowest BCUT2D eigenvalue weighted by atomic mass is 10.4. The van der Waals surface area contributed by atoms with E-state index in [4.69, 9.17) is 15.3 Å². The zero-order valence-electron chi connectivity index (χ0n) is 7.12. The van der Waals surface area contributed by atoms with Crippen LogP contribution in [0.2, 0.25) is 0 Å². The van der Waals surface area contributed by atoms with Gasteiger partial charge in [0.05, 0.1) is 6.54 Å². The second kappa shape index (κ2) is 4.64. The molecule has 0 amide bonds. The van der Waals surface area contributed by atoms with Gasteiger partial charge in [-0.15, -0.1) is 0 Å². The van der Waals surface area contributed by atoms with E-state index in [2.05, 4.69) is 5.32 Å². The van der Waals surface area contributed by atoms with Crippen molar-refractivity contribution in [2.75, 3.05) is 13.1 Å². The van der Waals surface area contributed by atoms with Gasteiger partial charge in [-0.2, -0.15) is 0 Å². The van der Waals surface area contributed by atoms with Gasteiger partial charge in [-0.05, 0) is 12.1 Å². The summed E-state index contributed by atoms with van der Waals surface area (Å²) in [6.07, 6.45) is 0. The van der Waals surface area contributed by atoms with E-state index in [1.54, 1.807) is 6.07 Å². The fourth-order valence-electron chi connectivity index (χ4n) is 0.902. The molecule has 72 valence electrons. The Kier molecular flexibility index (Phi) is 3.48. The molecule has 13 heavy (non-hydrogen) atoms. The Morgan fingerprint density at radius 3 is 2.92 bits per heavy atom. The molecule has 0 bridgehead atoms. The molecule has 1 heterocycles. The van der Waals surface area contributed by atoms with Crippen molar-refractivity contribution in [1.29, 1.82) is 0 Å². The van der Waals surface area contributed by atoms with Gasteiger partial charge in [-0.1, -0.05) is 0 Å². The number of furan rings is 1. The highest BCUT2D eigenvalue weighted by atomic mass is 16.4. The molecule has 0 radical (unpaired) electrons. The van der Waals surface area contributed by atoms with Gasteiger partial charge >= 0.3 is 5.97 Å². The van der Waals surface area contributed by atoms with Crippen molar-refractivity contribution in [3.8, 4) is 0 Å². The van der Waals surface area contributed by atoms with E-state index < -0.39 is 5.97 Å². The third-order valence-corrected chi connectivity index (χ3v) is 1.49. The van der Waals surface area contributed by atoms with Crippen molar-refractivity contribution in [2.24, 2.45) is 5.73 Å². The lowest BCUT2D eigenvalue weighted by Gasteiger charge is -1.98. The Morgan fingerprint density at radius 2 is 2.38 bits per heavy atom. The predicted molar refractivity (Wildman–Crippen MR) is 46.4 cm³/mol. The van der Waals surface area contributed by atoms with Gasteiger partial charge in [0.15, 0.2) is 0 Å². The standard InChI is InChI=1S/C8H12N2O3/c9-3-4-10-5-6-1-2-7(13-6)8(11)12/h1-2,10H,3-5,9H2,(H,11,12). The van der Waals surface area contributed by atoms with Crippen LogP contribution < -0.4 is 11.1 Å². The first kappa shape index (κ1) is 9.76. The largest absolute Gasteiger partial charge is 0.475 e. The minimum atomic E-state index is -1.05. The van der Waals surface area contributed by atoms with E-state index in [0.29, 0.717) is 25.4 Å². The molecule has 0 saturated carbocycles. The summed E-state index contributed by atoms with van der Waals surface area (Å²) >= 11 is 0. The number of rotatable bonds is 5. The minimum Gasteiger partial charge on any atom is -0.475 e. The van der Waals surface area contributed by atoms with Crippen molar-refractivity contribution < 1.29 is 14.3 Å². The average molecular weight is 184 g/mol. The maximum Gasteiger partial charge on any atom is 0.371 e. The molecular weight excluding hydrogens is 172 g/mol. The number of nitrogens with two attached hydrogens (primary N) is 1. The summed E-state index contributed by atoms with van der Waals surface area (Å²) in [5.74, 6) is -0.486. The first-order valence-corrected chi connectivity index (χ1v) is 3.97. The summed E-state index contributed by atoms with van der Waals surface area (Å²) in [6, 6.07) is 3.06. The molecule has 5 nitrogen and oxygen atoms in total. The summed E-state index contributed by atoms with van der Waals surface area (Å²) in [4.78, 5) is 10.4. The Bertz CT molecular complexity index is 283. The van der Waals surface area contributed by atoms with Crippen LogP contribution >= 0.6 is 0 Å². The number of hydrogen-bond donors (Lipinski definition) is 3. The molecule has 4 N–H and O–H groups in total. The molecule has 1 aromatic rings. The fourth-order valence-corrected chi connectivity index (χ4v) is 0.902. The number of aromatic carboxylic acids is 1. The molecule has 1 rings (SSSR count). The minimum absolute atomic E-state index is 0.0375. The van der Waals surface area contributed by atoms with Crippen LogP contribution in [0.4, 0.5) is 0 Å². The third kappa shape index (κ3) is 2.89. The summed E-state index contributed by atoms with van der Waals surface area (Å²) in [7, 11) is 0. The van der Waals surface area contributed by atoms with Crippen molar-refractivity contribution >= 4 is 5.97 Å². The first-order chi connectivity index (χ1) is 6.24. The molecule has 0 aliphatic carbocycles. The smallest absolute Gasteiger partial charge is 0.371 e. The van der Waals surface area contributed by atoms with Crippen LogP contribution in [0.1, 0.15) is 16.3 Å². The van der Waals surface area contributed by atoms with Crippen LogP contribution in [0, 0.1) is 0 Å². The van der Waals surface area contributed by atoms with E-state index in [9.17, 15) is 4.79 Å². The molecule has 0 saturated heterocycles. The lowest BCUT2D eigenvalue weighted by Crippen LogP contribution is -2.21. The Hall–Kier alpha value is -1.33. The maximum atomic E-state index is 10.4. The van der Waals surface area contributed by atoms with E-state index in [0.717, 1.165) is 0 Å². The molecular formula is C8H12N2O3. The highest BCUT2D eigenvalue weighted by Crippen LogP contribution is 2.06. The highest BCUT2D eigenvalue weighted by Gasteiger charge is 2.07. The molecule has 0 aromatic carbocycles. The number of carbonyl (C=O) groups is 1. The lowest BCUT2D eigenvalue weighted by molar-refractivity contribution is 0.0660. The van der Waals surface area contributed by atoms with Gasteiger partial charge in [0.2, 0.25) is 5.76 Å². The molecule has 0 aliphatic heterocycles. The second-order valence-corrected chi connectivity index (χ2v) is 2.54. The molecule has 0 unspecified atom stereocenters. The number of carboxylic acids is 1. The van der Waals surface area contributed by atoms with E-state index >= 15 is 0 Å². The van der Waals surface area contributed by atoms with Crippen LogP contribution in [0.3, 0.4) is 0 Å². The second-order valence-electron chi connectivity index (χ2n) is 2.54. The van der Waals surface area contributed by atoms with Gasteiger partial charge in [0.1, 0.15) is 5.76 Å². The zero-order valence-corrected chi connectivity index (χ0v) is 7.12. The molecule has 0 atom stereocenters. The van der Waals surface area contributed by atoms with Gasteiger partial charge in [-0.25, -0.2) is 4.79 Å². The van der Waals surface area contributed by atoms with Crippen molar-refractivity contribution in [1.82, 2.24) is 5.32 Å². The third-order valence-electron chi connectivity index (χ3n) is 1.49. The normalized spacial score (nSPS) is 10.2. The van der Waals surface area contributed by atoms with Gasteiger partial charge in [0, 0.05) is 13.1 Å². The topological polar surface area (TPSA) is 88.5 Å². The highest BCUT2D eigenvalue weighted by molar-refractivity contribution is 5.84. The average Bonchev–Trinajstić information content (AvgIpc) is 2.53. The molecule has 1 aromatic heterocycles. The molecule has 5 heteroatoms. The SMILES string of the molecule is NCCNCc1ccc(C(=O)O)o1.